The van der Waals surface area contributed by atoms with Gasteiger partial charge >= 0.3 is 6.09 Å². The van der Waals surface area contributed by atoms with Crippen LogP contribution in [0.25, 0.3) is 0 Å². The number of carbonyl (C=O) groups excluding carboxylic acids is 2. The third-order valence-electron chi connectivity index (χ3n) is 4.60. The number of benzene rings is 1. The molecule has 0 saturated heterocycles. The predicted octanol–water partition coefficient (Wildman–Crippen LogP) is 4.18. The summed E-state index contributed by atoms with van der Waals surface area (Å²) in [5, 5.41) is 2.77. The summed E-state index contributed by atoms with van der Waals surface area (Å²) >= 11 is 0. The van der Waals surface area contributed by atoms with E-state index >= 15 is 0 Å². The van der Waals surface area contributed by atoms with Crippen LogP contribution in [0.3, 0.4) is 0 Å². The van der Waals surface area contributed by atoms with E-state index in [1.54, 1.807) is 38.1 Å². The third kappa shape index (κ3) is 5.44. The molecule has 0 unspecified atom stereocenters. The highest BCUT2D eigenvalue weighted by atomic mass is 16.6. The molecular weight excluding hydrogens is 366 g/mol. The molecule has 0 spiro atoms. The van der Waals surface area contributed by atoms with Gasteiger partial charge < -0.3 is 15.0 Å². The van der Waals surface area contributed by atoms with E-state index in [1.165, 1.54) is 0 Å². The van der Waals surface area contributed by atoms with E-state index in [2.05, 4.69) is 16.4 Å². The maximum absolute atomic E-state index is 13.6. The van der Waals surface area contributed by atoms with Gasteiger partial charge in [-0.3, -0.25) is 9.78 Å². The fraction of sp³-hybridized carbons (Fsp3) is 0.348. The zero-order valence-corrected chi connectivity index (χ0v) is 17.0. The number of ether oxygens (including phenoxy) is 1. The minimum atomic E-state index is -0.836. The standard InChI is InChI=1S/C23H27N3O3/c1-23(2,3)29-22(28)25-20(17-10-5-4-6-11-17)21(27)26-15-8-7-13-19(26)18-12-9-14-24-16-18/h4-12,14,16,19-20H,13,15H2,1-3H3,(H,25,28)/t19-,20+/m1/s1. The van der Waals surface area contributed by atoms with Gasteiger partial charge in [0.2, 0.25) is 0 Å². The lowest BCUT2D eigenvalue weighted by atomic mass is 9.98. The lowest BCUT2D eigenvalue weighted by Crippen LogP contribution is -2.46. The highest BCUT2D eigenvalue weighted by Gasteiger charge is 2.33. The van der Waals surface area contributed by atoms with Crippen LogP contribution in [0.1, 0.15) is 50.4 Å². The summed E-state index contributed by atoms with van der Waals surface area (Å²) < 4.78 is 5.39. The van der Waals surface area contributed by atoms with Gasteiger partial charge in [-0.05, 0) is 44.4 Å². The molecule has 3 rings (SSSR count). The van der Waals surface area contributed by atoms with Gasteiger partial charge in [-0.2, -0.15) is 0 Å². The van der Waals surface area contributed by atoms with Gasteiger partial charge in [0.15, 0.2) is 0 Å². The number of pyridine rings is 1. The molecule has 0 bridgehead atoms. The molecule has 1 aliphatic rings. The number of rotatable bonds is 4. The van der Waals surface area contributed by atoms with E-state index in [4.69, 9.17) is 4.74 Å². The third-order valence-corrected chi connectivity index (χ3v) is 4.60. The summed E-state index contributed by atoms with van der Waals surface area (Å²) in [5.41, 5.74) is 1.03. The first kappa shape index (κ1) is 20.6. The molecule has 2 amide bonds. The Morgan fingerprint density at radius 1 is 1.14 bits per heavy atom. The Morgan fingerprint density at radius 2 is 1.90 bits per heavy atom. The largest absolute Gasteiger partial charge is 0.444 e. The molecule has 1 aromatic heterocycles. The van der Waals surface area contributed by atoms with Crippen molar-refractivity contribution in [3.8, 4) is 0 Å². The molecule has 0 fully saturated rings. The van der Waals surface area contributed by atoms with E-state index < -0.39 is 17.7 Å². The fourth-order valence-corrected chi connectivity index (χ4v) is 3.32. The van der Waals surface area contributed by atoms with Crippen molar-refractivity contribution in [2.45, 2.75) is 44.9 Å². The van der Waals surface area contributed by atoms with Crippen molar-refractivity contribution in [3.05, 3.63) is 78.1 Å². The van der Waals surface area contributed by atoms with Gasteiger partial charge in [0, 0.05) is 18.9 Å². The van der Waals surface area contributed by atoms with E-state index in [-0.39, 0.29) is 11.9 Å². The number of hydrogen-bond donors (Lipinski definition) is 1. The molecule has 2 aromatic rings. The van der Waals surface area contributed by atoms with Crippen LogP contribution in [0.4, 0.5) is 4.79 Å². The summed E-state index contributed by atoms with van der Waals surface area (Å²) in [5.74, 6) is -0.180. The highest BCUT2D eigenvalue weighted by molar-refractivity contribution is 5.87. The van der Waals surface area contributed by atoms with Gasteiger partial charge in [0.25, 0.3) is 5.91 Å². The average molecular weight is 393 g/mol. The molecule has 1 aromatic carbocycles. The van der Waals surface area contributed by atoms with Crippen molar-refractivity contribution in [2.75, 3.05) is 6.54 Å². The van der Waals surface area contributed by atoms with Gasteiger partial charge in [-0.25, -0.2) is 4.79 Å². The van der Waals surface area contributed by atoms with Crippen LogP contribution >= 0.6 is 0 Å². The van der Waals surface area contributed by atoms with E-state index in [0.717, 1.165) is 5.56 Å². The summed E-state index contributed by atoms with van der Waals surface area (Å²) in [6.07, 6.45) is 7.62. The lowest BCUT2D eigenvalue weighted by Gasteiger charge is -2.36. The van der Waals surface area contributed by atoms with Crippen molar-refractivity contribution < 1.29 is 14.3 Å². The molecule has 6 nitrogen and oxygen atoms in total. The number of alkyl carbamates (subject to hydrolysis) is 1. The molecule has 1 N–H and O–H groups in total. The molecule has 0 aliphatic carbocycles. The van der Waals surface area contributed by atoms with Crippen molar-refractivity contribution in [2.24, 2.45) is 0 Å². The van der Waals surface area contributed by atoms with E-state index in [9.17, 15) is 9.59 Å². The second-order valence-electron chi connectivity index (χ2n) is 7.99. The minimum Gasteiger partial charge on any atom is -0.444 e. The molecule has 2 heterocycles. The number of nitrogens with zero attached hydrogens (tertiary/aromatic N) is 2. The zero-order valence-electron chi connectivity index (χ0n) is 17.0. The molecule has 152 valence electrons. The fourth-order valence-electron chi connectivity index (χ4n) is 3.32. The van der Waals surface area contributed by atoms with E-state index in [1.807, 2.05) is 48.5 Å². The average Bonchev–Trinajstić information content (AvgIpc) is 2.71. The first-order valence-corrected chi connectivity index (χ1v) is 9.75. The van der Waals surface area contributed by atoms with Gasteiger partial charge in [-0.1, -0.05) is 48.6 Å². The van der Waals surface area contributed by atoms with Crippen LogP contribution in [0.5, 0.6) is 0 Å². The Morgan fingerprint density at radius 3 is 2.55 bits per heavy atom. The molecule has 29 heavy (non-hydrogen) atoms. The maximum Gasteiger partial charge on any atom is 0.408 e. The first-order valence-electron chi connectivity index (χ1n) is 9.75. The molecule has 0 radical (unpaired) electrons. The quantitative estimate of drug-likeness (QED) is 0.791. The zero-order chi connectivity index (χ0) is 20.9. The minimum absolute atomic E-state index is 0.132. The van der Waals surface area contributed by atoms with Crippen molar-refractivity contribution in [1.29, 1.82) is 0 Å². The maximum atomic E-state index is 13.6. The van der Waals surface area contributed by atoms with Crippen LogP contribution in [0, 0.1) is 0 Å². The lowest BCUT2D eigenvalue weighted by molar-refractivity contribution is -0.135. The van der Waals surface area contributed by atoms with Gasteiger partial charge in [-0.15, -0.1) is 0 Å². The molecule has 1 aliphatic heterocycles. The van der Waals surface area contributed by atoms with Crippen molar-refractivity contribution in [1.82, 2.24) is 15.2 Å². The normalized spacial score (nSPS) is 17.5. The van der Waals surface area contributed by atoms with Crippen LogP contribution in [-0.4, -0.2) is 34.0 Å². The molecule has 6 heteroatoms. The van der Waals surface area contributed by atoms with Crippen LogP contribution < -0.4 is 5.32 Å². The van der Waals surface area contributed by atoms with Crippen LogP contribution in [0.2, 0.25) is 0 Å². The Bertz CT molecular complexity index is 860. The topological polar surface area (TPSA) is 71.5 Å². The number of nitrogens with one attached hydrogen (secondary N) is 1. The number of hydrogen-bond acceptors (Lipinski definition) is 4. The summed E-state index contributed by atoms with van der Waals surface area (Å²) in [7, 11) is 0. The highest BCUT2D eigenvalue weighted by Crippen LogP contribution is 2.30. The van der Waals surface area contributed by atoms with Gasteiger partial charge in [0.1, 0.15) is 11.6 Å². The number of amides is 2. The Labute approximate surface area is 171 Å². The summed E-state index contributed by atoms with van der Waals surface area (Å²) in [6.45, 7) is 5.84. The van der Waals surface area contributed by atoms with Crippen molar-refractivity contribution >= 4 is 12.0 Å². The van der Waals surface area contributed by atoms with Crippen LogP contribution in [0.15, 0.2) is 67.0 Å². The monoisotopic (exact) mass is 393 g/mol. The molecular formula is C23H27N3O3. The first-order chi connectivity index (χ1) is 13.8. The Hall–Kier alpha value is -3.15. The van der Waals surface area contributed by atoms with Crippen LogP contribution in [-0.2, 0) is 9.53 Å². The number of aromatic nitrogens is 1. The Balaban J connectivity index is 1.89. The Kier molecular flexibility index (Phi) is 6.32. The van der Waals surface area contributed by atoms with Gasteiger partial charge in [0.05, 0.1) is 6.04 Å². The second kappa shape index (κ2) is 8.90. The smallest absolute Gasteiger partial charge is 0.408 e. The number of carbonyl (C=O) groups is 2. The second-order valence-corrected chi connectivity index (χ2v) is 7.99. The summed E-state index contributed by atoms with van der Waals surface area (Å²) in [4.78, 5) is 32.0. The molecule has 2 atom stereocenters. The van der Waals surface area contributed by atoms with Crippen molar-refractivity contribution in [3.63, 3.8) is 0 Å². The predicted molar refractivity (Wildman–Crippen MR) is 111 cm³/mol. The molecule has 0 saturated carbocycles. The SMILES string of the molecule is CC(C)(C)OC(=O)N[C@H](C(=O)N1CC=CC[C@@H]1c1cccnc1)c1ccccc1. The summed E-state index contributed by atoms with van der Waals surface area (Å²) in [6, 6.07) is 12.1. The van der Waals surface area contributed by atoms with E-state index in [0.29, 0.717) is 18.5 Å².